The topological polar surface area (TPSA) is 55.0 Å². The third kappa shape index (κ3) is 2.26. The molecule has 1 aromatic rings. The molecule has 0 aliphatic carbocycles. The Kier molecular flexibility index (Phi) is 2.86. The molecule has 2 heterocycles. The Morgan fingerprint density at radius 1 is 1.53 bits per heavy atom. The standard InChI is InChI=1S/C11H18N4/c1-8(2)15-6-4-9(7-15)10-3-5-13-11(12)14-10/h3,5,8-9H,4,6-7H2,1-2H3,(H2,12,13,14)/t9-/m1/s1. The molecule has 2 N–H and O–H groups in total. The van der Waals surface area contributed by atoms with Crippen molar-refractivity contribution in [3.63, 3.8) is 0 Å². The van der Waals surface area contributed by atoms with E-state index in [0.717, 1.165) is 18.8 Å². The lowest BCUT2D eigenvalue weighted by atomic mass is 10.1. The summed E-state index contributed by atoms with van der Waals surface area (Å²) in [5.41, 5.74) is 6.67. The maximum Gasteiger partial charge on any atom is 0.220 e. The van der Waals surface area contributed by atoms with E-state index in [4.69, 9.17) is 5.73 Å². The molecule has 4 heteroatoms. The van der Waals surface area contributed by atoms with Gasteiger partial charge in [0.25, 0.3) is 0 Å². The van der Waals surface area contributed by atoms with Crippen molar-refractivity contribution in [1.29, 1.82) is 0 Å². The van der Waals surface area contributed by atoms with E-state index in [9.17, 15) is 0 Å². The Balaban J connectivity index is 2.08. The second kappa shape index (κ2) is 4.14. The lowest BCUT2D eigenvalue weighted by Gasteiger charge is -2.20. The Morgan fingerprint density at radius 2 is 2.33 bits per heavy atom. The number of aromatic nitrogens is 2. The van der Waals surface area contributed by atoms with E-state index in [-0.39, 0.29) is 0 Å². The van der Waals surface area contributed by atoms with Gasteiger partial charge in [0.2, 0.25) is 5.95 Å². The molecular weight excluding hydrogens is 188 g/mol. The predicted molar refractivity (Wildman–Crippen MR) is 60.5 cm³/mol. The van der Waals surface area contributed by atoms with Crippen molar-refractivity contribution in [3.8, 4) is 0 Å². The van der Waals surface area contributed by atoms with Gasteiger partial charge in [-0.1, -0.05) is 0 Å². The van der Waals surface area contributed by atoms with Gasteiger partial charge in [-0.05, 0) is 32.9 Å². The van der Waals surface area contributed by atoms with Gasteiger partial charge in [0.15, 0.2) is 0 Å². The highest BCUT2D eigenvalue weighted by Gasteiger charge is 2.26. The van der Waals surface area contributed by atoms with Crippen LogP contribution in [0.25, 0.3) is 0 Å². The smallest absolute Gasteiger partial charge is 0.220 e. The number of likely N-dealkylation sites (tertiary alicyclic amines) is 1. The second-order valence-corrected chi connectivity index (χ2v) is 4.41. The number of rotatable bonds is 2. The van der Waals surface area contributed by atoms with Crippen LogP contribution in [0.4, 0.5) is 5.95 Å². The highest BCUT2D eigenvalue weighted by molar-refractivity contribution is 5.20. The molecule has 2 rings (SSSR count). The number of anilines is 1. The van der Waals surface area contributed by atoms with Gasteiger partial charge in [0.05, 0.1) is 5.69 Å². The average Bonchev–Trinajstić information content (AvgIpc) is 2.66. The minimum atomic E-state index is 0.385. The Morgan fingerprint density at radius 3 is 2.93 bits per heavy atom. The normalized spacial score (nSPS) is 22.5. The zero-order valence-corrected chi connectivity index (χ0v) is 9.35. The van der Waals surface area contributed by atoms with Crippen LogP contribution in [0.5, 0.6) is 0 Å². The van der Waals surface area contributed by atoms with Crippen molar-refractivity contribution < 1.29 is 0 Å². The Labute approximate surface area is 90.5 Å². The molecule has 0 saturated carbocycles. The third-order valence-corrected chi connectivity index (χ3v) is 3.06. The summed E-state index contributed by atoms with van der Waals surface area (Å²) in [4.78, 5) is 10.7. The fraction of sp³-hybridized carbons (Fsp3) is 0.636. The van der Waals surface area contributed by atoms with Gasteiger partial charge in [-0.15, -0.1) is 0 Å². The Hall–Kier alpha value is -1.16. The molecule has 1 aromatic heterocycles. The van der Waals surface area contributed by atoms with Crippen LogP contribution < -0.4 is 5.73 Å². The highest BCUT2D eigenvalue weighted by atomic mass is 15.2. The molecule has 15 heavy (non-hydrogen) atoms. The number of nitrogens with two attached hydrogens (primary N) is 1. The molecule has 82 valence electrons. The van der Waals surface area contributed by atoms with Crippen LogP contribution in [0.3, 0.4) is 0 Å². The van der Waals surface area contributed by atoms with E-state index in [0.29, 0.717) is 17.9 Å². The lowest BCUT2D eigenvalue weighted by Crippen LogP contribution is -2.28. The fourth-order valence-corrected chi connectivity index (χ4v) is 2.11. The maximum absolute atomic E-state index is 5.58. The zero-order valence-electron chi connectivity index (χ0n) is 9.35. The monoisotopic (exact) mass is 206 g/mol. The van der Waals surface area contributed by atoms with Gasteiger partial charge in [0, 0.05) is 24.7 Å². The molecular formula is C11H18N4. The van der Waals surface area contributed by atoms with Gasteiger partial charge >= 0.3 is 0 Å². The quantitative estimate of drug-likeness (QED) is 0.791. The minimum Gasteiger partial charge on any atom is -0.368 e. The second-order valence-electron chi connectivity index (χ2n) is 4.41. The van der Waals surface area contributed by atoms with Crippen molar-refractivity contribution in [1.82, 2.24) is 14.9 Å². The van der Waals surface area contributed by atoms with Crippen LogP contribution in [-0.4, -0.2) is 34.0 Å². The number of hydrogen-bond donors (Lipinski definition) is 1. The Bertz CT molecular complexity index is 337. The molecule has 0 spiro atoms. The number of hydrogen-bond acceptors (Lipinski definition) is 4. The van der Waals surface area contributed by atoms with Gasteiger partial charge in [-0.2, -0.15) is 0 Å². The van der Waals surface area contributed by atoms with Crippen molar-refractivity contribution in [2.45, 2.75) is 32.2 Å². The lowest BCUT2D eigenvalue weighted by molar-refractivity contribution is 0.272. The van der Waals surface area contributed by atoms with E-state index in [1.165, 1.54) is 6.42 Å². The van der Waals surface area contributed by atoms with Crippen LogP contribution >= 0.6 is 0 Å². The molecule has 1 fully saturated rings. The molecule has 1 saturated heterocycles. The summed E-state index contributed by atoms with van der Waals surface area (Å²) >= 11 is 0. The highest BCUT2D eigenvalue weighted by Crippen LogP contribution is 2.26. The summed E-state index contributed by atoms with van der Waals surface area (Å²) < 4.78 is 0. The van der Waals surface area contributed by atoms with Crippen LogP contribution in [0.1, 0.15) is 31.9 Å². The number of nitrogen functional groups attached to an aromatic ring is 1. The summed E-state index contributed by atoms with van der Waals surface area (Å²) in [5, 5.41) is 0. The van der Waals surface area contributed by atoms with Crippen LogP contribution in [-0.2, 0) is 0 Å². The molecule has 1 atom stereocenters. The van der Waals surface area contributed by atoms with E-state index < -0.39 is 0 Å². The van der Waals surface area contributed by atoms with E-state index in [1.54, 1.807) is 6.20 Å². The molecule has 0 aromatic carbocycles. The average molecular weight is 206 g/mol. The van der Waals surface area contributed by atoms with Crippen molar-refractivity contribution in [2.24, 2.45) is 0 Å². The van der Waals surface area contributed by atoms with Gasteiger partial charge in [-0.25, -0.2) is 9.97 Å². The summed E-state index contributed by atoms with van der Waals surface area (Å²) in [6, 6.07) is 2.60. The SMILES string of the molecule is CC(C)N1CC[C@@H](c2ccnc(N)n2)C1. The van der Waals surface area contributed by atoms with Crippen LogP contribution in [0.2, 0.25) is 0 Å². The van der Waals surface area contributed by atoms with Gasteiger partial charge < -0.3 is 10.6 Å². The first-order valence-electron chi connectivity index (χ1n) is 5.49. The molecule has 0 radical (unpaired) electrons. The fourth-order valence-electron chi connectivity index (χ4n) is 2.11. The van der Waals surface area contributed by atoms with E-state index >= 15 is 0 Å². The summed E-state index contributed by atoms with van der Waals surface area (Å²) in [5.74, 6) is 0.910. The maximum atomic E-state index is 5.58. The molecule has 0 bridgehead atoms. The van der Waals surface area contributed by atoms with Crippen LogP contribution in [0, 0.1) is 0 Å². The third-order valence-electron chi connectivity index (χ3n) is 3.06. The first-order valence-corrected chi connectivity index (χ1v) is 5.49. The molecule has 1 aliphatic rings. The summed E-state index contributed by atoms with van der Waals surface area (Å²) in [7, 11) is 0. The summed E-state index contributed by atoms with van der Waals surface area (Å²) in [6.07, 6.45) is 2.92. The van der Waals surface area contributed by atoms with E-state index in [2.05, 4.69) is 28.7 Å². The largest absolute Gasteiger partial charge is 0.368 e. The van der Waals surface area contributed by atoms with Crippen molar-refractivity contribution in [3.05, 3.63) is 18.0 Å². The van der Waals surface area contributed by atoms with E-state index in [1.807, 2.05) is 6.07 Å². The molecule has 0 unspecified atom stereocenters. The minimum absolute atomic E-state index is 0.385. The first kappa shape index (κ1) is 10.4. The zero-order chi connectivity index (χ0) is 10.8. The molecule has 1 aliphatic heterocycles. The van der Waals surface area contributed by atoms with Gasteiger partial charge in [-0.3, -0.25) is 0 Å². The van der Waals surface area contributed by atoms with Crippen molar-refractivity contribution >= 4 is 5.95 Å². The predicted octanol–water partition coefficient (Wildman–Crippen LogP) is 1.26. The van der Waals surface area contributed by atoms with Crippen molar-refractivity contribution in [2.75, 3.05) is 18.8 Å². The van der Waals surface area contributed by atoms with Gasteiger partial charge in [0.1, 0.15) is 0 Å². The van der Waals surface area contributed by atoms with Crippen LogP contribution in [0.15, 0.2) is 12.3 Å². The first-order chi connectivity index (χ1) is 7.16. The molecule has 0 amide bonds. The molecule has 4 nitrogen and oxygen atoms in total. The number of nitrogens with zero attached hydrogens (tertiary/aromatic N) is 3. The summed E-state index contributed by atoms with van der Waals surface area (Å²) in [6.45, 7) is 6.72.